The molecule has 0 amide bonds. The zero-order valence-corrected chi connectivity index (χ0v) is 11.8. The molecule has 4 nitrogen and oxygen atoms in total. The van der Waals surface area contributed by atoms with Crippen molar-refractivity contribution in [3.8, 4) is 0 Å². The van der Waals surface area contributed by atoms with Gasteiger partial charge in [-0.15, -0.1) is 0 Å². The lowest BCUT2D eigenvalue weighted by molar-refractivity contribution is -0.151. The van der Waals surface area contributed by atoms with Gasteiger partial charge in [-0.05, 0) is 31.2 Å². The van der Waals surface area contributed by atoms with Crippen LogP contribution < -0.4 is 0 Å². The third-order valence-corrected chi connectivity index (χ3v) is 3.58. The van der Waals surface area contributed by atoms with Gasteiger partial charge in [0.2, 0.25) is 0 Å². The molecule has 1 aliphatic rings. The molecular weight excluding hydrogens is 280 g/mol. The molecule has 0 atom stereocenters. The molecule has 1 aromatic carbocycles. The van der Waals surface area contributed by atoms with Crippen molar-refractivity contribution >= 4 is 23.0 Å². The normalized spacial score (nSPS) is 22.1. The van der Waals surface area contributed by atoms with Gasteiger partial charge in [-0.2, -0.15) is 0 Å². The fraction of sp³-hybridized carbons (Fsp3) is 0.467. The summed E-state index contributed by atoms with van der Waals surface area (Å²) >= 11 is 5.17. The highest BCUT2D eigenvalue weighted by molar-refractivity contribution is 6.61. The molecule has 1 saturated carbocycles. The first-order chi connectivity index (χ1) is 9.65. The molecule has 0 heterocycles. The van der Waals surface area contributed by atoms with Crippen LogP contribution in [0.2, 0.25) is 0 Å². The largest absolute Gasteiger partial charge is 0.461 e. The molecule has 1 fully saturated rings. The highest BCUT2D eigenvalue weighted by Gasteiger charge is 2.28. The van der Waals surface area contributed by atoms with Gasteiger partial charge < -0.3 is 9.47 Å². The third kappa shape index (κ3) is 4.53. The molecule has 0 spiro atoms. The fourth-order valence-electron chi connectivity index (χ4n) is 2.39. The van der Waals surface area contributed by atoms with Crippen LogP contribution >= 0.6 is 11.6 Å². The van der Waals surface area contributed by atoms with Crippen LogP contribution in [0.1, 0.15) is 31.2 Å². The average molecular weight is 297 g/mol. The first-order valence-electron chi connectivity index (χ1n) is 6.72. The Kier molecular flexibility index (Phi) is 5.41. The van der Waals surface area contributed by atoms with Gasteiger partial charge in [-0.3, -0.25) is 4.79 Å². The zero-order valence-electron chi connectivity index (χ0n) is 11.1. The zero-order chi connectivity index (χ0) is 14.4. The Bertz CT molecular complexity index is 452. The Morgan fingerprint density at radius 3 is 2.35 bits per heavy atom. The lowest BCUT2D eigenvalue weighted by atomic mass is 9.87. The number of rotatable bonds is 4. The number of hydrogen-bond acceptors (Lipinski definition) is 4. The second-order valence-corrected chi connectivity index (χ2v) is 5.23. The van der Waals surface area contributed by atoms with Gasteiger partial charge >= 0.3 is 11.4 Å². The molecule has 0 bridgehead atoms. The van der Waals surface area contributed by atoms with Crippen LogP contribution in [0, 0.1) is 5.92 Å². The summed E-state index contributed by atoms with van der Waals surface area (Å²) < 4.78 is 10.2. The molecular formula is C15H17ClO4. The van der Waals surface area contributed by atoms with E-state index in [9.17, 15) is 9.59 Å². The highest BCUT2D eigenvalue weighted by Crippen LogP contribution is 2.27. The van der Waals surface area contributed by atoms with Crippen molar-refractivity contribution in [2.75, 3.05) is 0 Å². The molecule has 0 radical (unpaired) electrons. The molecule has 0 aromatic heterocycles. The monoisotopic (exact) mass is 296 g/mol. The van der Waals surface area contributed by atoms with E-state index in [0.717, 1.165) is 5.56 Å². The Labute approximate surface area is 123 Å². The predicted molar refractivity (Wildman–Crippen MR) is 74.3 cm³/mol. The van der Waals surface area contributed by atoms with Gasteiger partial charge in [0.1, 0.15) is 12.7 Å². The van der Waals surface area contributed by atoms with E-state index in [1.165, 1.54) is 0 Å². The molecule has 0 saturated heterocycles. The summed E-state index contributed by atoms with van der Waals surface area (Å²) in [5, 5.41) is 0. The smallest absolute Gasteiger partial charge is 0.404 e. The van der Waals surface area contributed by atoms with Gasteiger partial charge in [0, 0.05) is 11.6 Å². The maximum atomic E-state index is 11.9. The number of benzene rings is 1. The Hall–Kier alpha value is -1.55. The summed E-state index contributed by atoms with van der Waals surface area (Å²) in [6.45, 7) is 0.302. The number of hydrogen-bond donors (Lipinski definition) is 0. The van der Waals surface area contributed by atoms with Crippen molar-refractivity contribution in [3.05, 3.63) is 35.9 Å². The van der Waals surface area contributed by atoms with Crippen molar-refractivity contribution in [1.29, 1.82) is 0 Å². The lowest BCUT2D eigenvalue weighted by Crippen LogP contribution is -2.27. The van der Waals surface area contributed by atoms with Gasteiger partial charge in [0.25, 0.3) is 0 Å². The van der Waals surface area contributed by atoms with E-state index in [1.54, 1.807) is 0 Å². The van der Waals surface area contributed by atoms with Crippen LogP contribution in [-0.2, 0) is 20.9 Å². The first-order valence-corrected chi connectivity index (χ1v) is 7.09. The van der Waals surface area contributed by atoms with E-state index in [4.69, 9.17) is 21.1 Å². The topological polar surface area (TPSA) is 52.6 Å². The molecule has 0 aliphatic heterocycles. The van der Waals surface area contributed by atoms with Crippen LogP contribution in [-0.4, -0.2) is 17.5 Å². The molecule has 2 rings (SSSR count). The maximum Gasteiger partial charge on any atom is 0.404 e. The average Bonchev–Trinajstić information content (AvgIpc) is 2.46. The minimum Gasteiger partial charge on any atom is -0.461 e. The molecule has 0 unspecified atom stereocenters. The van der Waals surface area contributed by atoms with Gasteiger partial charge in [-0.25, -0.2) is 4.79 Å². The van der Waals surface area contributed by atoms with Gasteiger partial charge in [0.15, 0.2) is 0 Å². The van der Waals surface area contributed by atoms with Crippen LogP contribution in [0.5, 0.6) is 0 Å². The van der Waals surface area contributed by atoms with Crippen LogP contribution in [0.15, 0.2) is 30.3 Å². The predicted octanol–water partition coefficient (Wildman–Crippen LogP) is 3.66. The summed E-state index contributed by atoms with van der Waals surface area (Å²) in [7, 11) is 0. The molecule has 20 heavy (non-hydrogen) atoms. The SMILES string of the molecule is O=C(Cl)OC1CCC(C(=O)OCc2ccccc2)CC1. The van der Waals surface area contributed by atoms with Crippen molar-refractivity contribution in [1.82, 2.24) is 0 Å². The minimum absolute atomic E-state index is 0.107. The first kappa shape index (κ1) is 14.9. The molecule has 5 heteroatoms. The quantitative estimate of drug-likeness (QED) is 0.628. The Morgan fingerprint density at radius 2 is 1.75 bits per heavy atom. The summed E-state index contributed by atoms with van der Waals surface area (Å²) in [4.78, 5) is 22.6. The molecule has 1 aliphatic carbocycles. The summed E-state index contributed by atoms with van der Waals surface area (Å²) in [6.07, 6.45) is 2.48. The van der Waals surface area contributed by atoms with E-state index in [2.05, 4.69) is 0 Å². The van der Waals surface area contributed by atoms with Crippen molar-refractivity contribution in [2.45, 2.75) is 38.4 Å². The highest BCUT2D eigenvalue weighted by atomic mass is 35.5. The van der Waals surface area contributed by atoms with Crippen molar-refractivity contribution in [3.63, 3.8) is 0 Å². The number of carbonyl (C=O) groups excluding carboxylic acids is 2. The van der Waals surface area contributed by atoms with E-state index in [0.29, 0.717) is 32.3 Å². The van der Waals surface area contributed by atoms with E-state index in [-0.39, 0.29) is 18.0 Å². The fourth-order valence-corrected chi connectivity index (χ4v) is 2.52. The molecule has 108 valence electrons. The number of ether oxygens (including phenoxy) is 2. The second-order valence-electron chi connectivity index (χ2n) is 4.92. The van der Waals surface area contributed by atoms with E-state index in [1.807, 2.05) is 30.3 Å². The Morgan fingerprint density at radius 1 is 1.10 bits per heavy atom. The van der Waals surface area contributed by atoms with Gasteiger partial charge in [-0.1, -0.05) is 30.3 Å². The molecule has 1 aromatic rings. The third-order valence-electron chi connectivity index (χ3n) is 3.49. The summed E-state index contributed by atoms with van der Waals surface area (Å²) in [5.74, 6) is -0.284. The van der Waals surface area contributed by atoms with E-state index < -0.39 is 5.43 Å². The van der Waals surface area contributed by atoms with E-state index >= 15 is 0 Å². The number of carbonyl (C=O) groups is 2. The summed E-state index contributed by atoms with van der Waals surface area (Å²) in [6, 6.07) is 9.59. The van der Waals surface area contributed by atoms with Crippen molar-refractivity contribution < 1.29 is 19.1 Å². The second kappa shape index (κ2) is 7.29. The Balaban J connectivity index is 1.73. The van der Waals surface area contributed by atoms with Crippen LogP contribution in [0.3, 0.4) is 0 Å². The van der Waals surface area contributed by atoms with Gasteiger partial charge in [0.05, 0.1) is 5.92 Å². The van der Waals surface area contributed by atoms with Crippen LogP contribution in [0.25, 0.3) is 0 Å². The molecule has 0 N–H and O–H groups in total. The standard InChI is InChI=1S/C15H17ClO4/c16-15(18)20-13-8-6-12(7-9-13)14(17)19-10-11-4-2-1-3-5-11/h1-5,12-13H,6-10H2. The van der Waals surface area contributed by atoms with Crippen LogP contribution in [0.4, 0.5) is 4.79 Å². The number of halogens is 1. The maximum absolute atomic E-state index is 11.9. The minimum atomic E-state index is -0.778. The number of esters is 1. The van der Waals surface area contributed by atoms with Crippen molar-refractivity contribution in [2.24, 2.45) is 5.92 Å². The lowest BCUT2D eigenvalue weighted by Gasteiger charge is -2.26. The summed E-state index contributed by atoms with van der Waals surface area (Å²) in [5.41, 5.74) is 0.200.